The van der Waals surface area contributed by atoms with Crippen LogP contribution in [0, 0.1) is 25.7 Å². The number of rotatable bonds is 6. The Morgan fingerprint density at radius 2 is 1.51 bits per heavy atom. The van der Waals surface area contributed by atoms with Gasteiger partial charge in [-0.15, -0.1) is 11.8 Å². The average Bonchev–Trinajstić information content (AvgIpc) is 3.21. The Morgan fingerprint density at radius 3 is 2.22 bits per heavy atom. The van der Waals surface area contributed by atoms with E-state index in [0.717, 1.165) is 22.5 Å². The third-order valence-corrected chi connectivity index (χ3v) is 10.9. The van der Waals surface area contributed by atoms with Gasteiger partial charge in [-0.1, -0.05) is 60.7 Å². The highest BCUT2D eigenvalue weighted by Crippen LogP contribution is 2.65. The quantitative estimate of drug-likeness (QED) is 0.414. The standard InChI is InChI=1S/C33H37N3O4S/c1-22-12-9-13-23(2)27(22)35-20-11-17-33-26(30(39)36(18-7-8-21-37)28(33)31(35)40)25-29(38)34(24-14-5-4-6-15-24)19-10-16-32(25,3)41-33/h4-6,9-17,25-26,28,37H,7-8,18-21H2,1-3H3/t25-,26-,28?,32+,33-/m0/s1. The number of para-hydroxylation sites is 2. The molecule has 0 aliphatic carbocycles. The molecule has 2 fully saturated rings. The summed E-state index contributed by atoms with van der Waals surface area (Å²) in [5.41, 5.74) is 3.68. The molecule has 0 saturated carbocycles. The fourth-order valence-electron chi connectivity index (χ4n) is 7.43. The largest absolute Gasteiger partial charge is 0.396 e. The maximum atomic E-state index is 14.7. The van der Waals surface area contributed by atoms with Crippen LogP contribution in [0.3, 0.4) is 0 Å². The number of benzene rings is 2. The highest BCUT2D eigenvalue weighted by Gasteiger charge is 2.74. The molecule has 1 unspecified atom stereocenters. The molecule has 6 rings (SSSR count). The molecular weight excluding hydrogens is 534 g/mol. The highest BCUT2D eigenvalue weighted by molar-refractivity contribution is 8.02. The Labute approximate surface area is 245 Å². The predicted octanol–water partition coefficient (Wildman–Crippen LogP) is 4.27. The summed E-state index contributed by atoms with van der Waals surface area (Å²) in [6, 6.07) is 14.8. The number of unbranched alkanes of at least 4 members (excludes halogenated alkanes) is 1. The van der Waals surface area contributed by atoms with Crippen molar-refractivity contribution < 1.29 is 19.5 Å². The van der Waals surface area contributed by atoms with Gasteiger partial charge in [0, 0.05) is 42.4 Å². The first-order valence-corrected chi connectivity index (χ1v) is 15.3. The Hall–Kier alpha value is -3.36. The van der Waals surface area contributed by atoms with Crippen LogP contribution in [0.4, 0.5) is 11.4 Å². The number of nitrogens with zero attached hydrogens (tertiary/aromatic N) is 3. The topological polar surface area (TPSA) is 81.2 Å². The molecule has 7 nitrogen and oxygen atoms in total. The van der Waals surface area contributed by atoms with E-state index in [1.165, 1.54) is 0 Å². The molecular formula is C33H37N3O4S. The van der Waals surface area contributed by atoms with Crippen molar-refractivity contribution in [2.75, 3.05) is 36.0 Å². The van der Waals surface area contributed by atoms with E-state index in [1.54, 1.807) is 21.6 Å². The lowest BCUT2D eigenvalue weighted by molar-refractivity contribution is -0.139. The smallest absolute Gasteiger partial charge is 0.251 e. The molecule has 8 heteroatoms. The van der Waals surface area contributed by atoms with Gasteiger partial charge in [-0.05, 0) is 56.9 Å². The zero-order valence-electron chi connectivity index (χ0n) is 23.8. The normalized spacial score (nSPS) is 30.8. The van der Waals surface area contributed by atoms with Gasteiger partial charge in [-0.2, -0.15) is 0 Å². The third kappa shape index (κ3) is 4.26. The molecule has 0 aromatic heterocycles. The van der Waals surface area contributed by atoms with Crippen LogP contribution in [0.25, 0.3) is 0 Å². The van der Waals surface area contributed by atoms with Gasteiger partial charge < -0.3 is 19.8 Å². The van der Waals surface area contributed by atoms with E-state index < -0.39 is 27.4 Å². The Kier molecular flexibility index (Phi) is 7.10. The fourth-order valence-corrected chi connectivity index (χ4v) is 9.59. The average molecular weight is 572 g/mol. The van der Waals surface area contributed by atoms with Crippen LogP contribution in [0.2, 0.25) is 0 Å². The summed E-state index contributed by atoms with van der Waals surface area (Å²) >= 11 is 1.60. The maximum absolute atomic E-state index is 14.7. The number of aliphatic hydroxyl groups excluding tert-OH is 1. The minimum absolute atomic E-state index is 0.0222. The first-order chi connectivity index (χ1) is 19.7. The van der Waals surface area contributed by atoms with Gasteiger partial charge >= 0.3 is 0 Å². The SMILES string of the molecule is Cc1cccc(C)c1N1CC=C[C@]23S[C@]4(C)C=CCN(c5ccccc5)C(=O)[C@@H]4[C@H]2C(=O)N(CCCCO)C3C1=O. The lowest BCUT2D eigenvalue weighted by Gasteiger charge is -2.37. The lowest BCUT2D eigenvalue weighted by Crippen LogP contribution is -2.53. The van der Waals surface area contributed by atoms with Crippen molar-refractivity contribution in [3.8, 4) is 0 Å². The van der Waals surface area contributed by atoms with E-state index in [4.69, 9.17) is 0 Å². The second-order valence-corrected chi connectivity index (χ2v) is 13.5. The first kappa shape index (κ1) is 27.8. The van der Waals surface area contributed by atoms with Crippen LogP contribution in [-0.2, 0) is 14.4 Å². The van der Waals surface area contributed by atoms with Gasteiger partial charge in [-0.3, -0.25) is 14.4 Å². The number of amides is 3. The monoisotopic (exact) mass is 571 g/mol. The van der Waals surface area contributed by atoms with Crippen molar-refractivity contribution in [2.24, 2.45) is 11.8 Å². The van der Waals surface area contributed by atoms with Crippen molar-refractivity contribution in [3.05, 3.63) is 84.0 Å². The van der Waals surface area contributed by atoms with Crippen molar-refractivity contribution >= 4 is 40.9 Å². The number of anilines is 2. The van der Waals surface area contributed by atoms with Crippen molar-refractivity contribution in [1.82, 2.24) is 4.90 Å². The highest BCUT2D eigenvalue weighted by atomic mass is 32.2. The van der Waals surface area contributed by atoms with Gasteiger partial charge in [0.25, 0.3) is 5.91 Å². The van der Waals surface area contributed by atoms with E-state index in [9.17, 15) is 19.5 Å². The summed E-state index contributed by atoms with van der Waals surface area (Å²) in [5.74, 6) is -1.66. The van der Waals surface area contributed by atoms with E-state index in [0.29, 0.717) is 32.5 Å². The summed E-state index contributed by atoms with van der Waals surface area (Å²) in [4.78, 5) is 49.0. The van der Waals surface area contributed by atoms with Crippen molar-refractivity contribution in [1.29, 1.82) is 0 Å². The van der Waals surface area contributed by atoms with Gasteiger partial charge in [0.05, 0.1) is 16.6 Å². The van der Waals surface area contributed by atoms with E-state index in [2.05, 4.69) is 12.2 Å². The number of hydrogen-bond donors (Lipinski definition) is 1. The number of fused-ring (bicyclic) bond motifs is 2. The molecule has 2 saturated heterocycles. The Bertz CT molecular complexity index is 1420. The minimum Gasteiger partial charge on any atom is -0.396 e. The molecule has 4 heterocycles. The lowest BCUT2D eigenvalue weighted by atomic mass is 9.74. The molecule has 1 N–H and O–H groups in total. The number of aryl methyl sites for hydroxylation is 2. The van der Waals surface area contributed by atoms with Crippen LogP contribution in [0.5, 0.6) is 0 Å². The number of aliphatic hydroxyl groups is 1. The first-order valence-electron chi connectivity index (χ1n) is 14.4. The number of carbonyl (C=O) groups is 3. The van der Waals surface area contributed by atoms with Crippen LogP contribution >= 0.6 is 11.8 Å². The second kappa shape index (κ2) is 10.5. The summed E-state index contributed by atoms with van der Waals surface area (Å²) in [6.45, 7) is 7.27. The molecule has 214 valence electrons. The summed E-state index contributed by atoms with van der Waals surface area (Å²) < 4.78 is -1.55. The molecule has 0 bridgehead atoms. The van der Waals surface area contributed by atoms with E-state index >= 15 is 0 Å². The van der Waals surface area contributed by atoms with Crippen LogP contribution < -0.4 is 9.80 Å². The van der Waals surface area contributed by atoms with Crippen molar-refractivity contribution in [3.63, 3.8) is 0 Å². The van der Waals surface area contributed by atoms with Gasteiger partial charge in [0.2, 0.25) is 11.8 Å². The molecule has 3 amide bonds. The van der Waals surface area contributed by atoms with Crippen molar-refractivity contribution in [2.45, 2.75) is 49.1 Å². The molecule has 1 spiro atoms. The molecule has 41 heavy (non-hydrogen) atoms. The zero-order chi connectivity index (χ0) is 28.9. The van der Waals surface area contributed by atoms with Gasteiger partial charge in [0.15, 0.2) is 0 Å². The molecule has 4 aliphatic rings. The summed E-state index contributed by atoms with van der Waals surface area (Å²) in [5, 5.41) is 9.49. The summed E-state index contributed by atoms with van der Waals surface area (Å²) in [6.07, 6.45) is 9.32. The number of likely N-dealkylation sites (tertiary alicyclic amines) is 1. The van der Waals surface area contributed by atoms with Crippen LogP contribution in [0.1, 0.15) is 30.9 Å². The summed E-state index contributed by atoms with van der Waals surface area (Å²) in [7, 11) is 0. The molecule has 4 aliphatic heterocycles. The van der Waals surface area contributed by atoms with Crippen LogP contribution in [0.15, 0.2) is 72.8 Å². The second-order valence-electron chi connectivity index (χ2n) is 11.7. The van der Waals surface area contributed by atoms with Crippen LogP contribution in [-0.4, -0.2) is 69.5 Å². The zero-order valence-corrected chi connectivity index (χ0v) is 24.6. The molecule has 2 aromatic carbocycles. The predicted molar refractivity (Wildman–Crippen MR) is 163 cm³/mol. The molecule has 2 aromatic rings. The molecule has 0 radical (unpaired) electrons. The van der Waals surface area contributed by atoms with Gasteiger partial charge in [-0.25, -0.2) is 0 Å². The minimum atomic E-state index is -0.891. The Morgan fingerprint density at radius 1 is 0.829 bits per heavy atom. The number of thioether (sulfide) groups is 1. The van der Waals surface area contributed by atoms with Gasteiger partial charge in [0.1, 0.15) is 6.04 Å². The maximum Gasteiger partial charge on any atom is 0.251 e. The third-order valence-electron chi connectivity index (χ3n) is 9.14. The number of carbonyl (C=O) groups excluding carboxylic acids is 3. The van der Waals surface area contributed by atoms with E-state index in [1.807, 2.05) is 86.4 Å². The Balaban J connectivity index is 1.47. The van der Waals surface area contributed by atoms with E-state index in [-0.39, 0.29) is 24.3 Å². The number of hydrogen-bond acceptors (Lipinski definition) is 5. The fraction of sp³-hybridized carbons (Fsp3) is 0.424. The molecule has 5 atom stereocenters.